The summed E-state index contributed by atoms with van der Waals surface area (Å²) in [6.07, 6.45) is 1.94. The van der Waals surface area contributed by atoms with Gasteiger partial charge in [-0.05, 0) is 81.4 Å². The van der Waals surface area contributed by atoms with Crippen LogP contribution in [0, 0.1) is 13.8 Å². The minimum atomic E-state index is -0.110. The maximum atomic E-state index is 12.3. The van der Waals surface area contributed by atoms with Crippen LogP contribution in [-0.2, 0) is 11.3 Å². The van der Waals surface area contributed by atoms with Crippen LogP contribution < -0.4 is 10.1 Å². The minimum Gasteiger partial charge on any atom is -0.494 e. The lowest BCUT2D eigenvalue weighted by Crippen LogP contribution is -2.19. The molecule has 6 heteroatoms. The van der Waals surface area contributed by atoms with Gasteiger partial charge < -0.3 is 14.6 Å². The van der Waals surface area contributed by atoms with E-state index in [0.717, 1.165) is 23.5 Å². The first-order chi connectivity index (χ1) is 12.5. The highest BCUT2D eigenvalue weighted by Crippen LogP contribution is 2.30. The number of aliphatic imine (C=N–C) groups is 1. The predicted molar refractivity (Wildman–Crippen MR) is 108 cm³/mol. The van der Waals surface area contributed by atoms with Gasteiger partial charge >= 0.3 is 0 Å². The van der Waals surface area contributed by atoms with Crippen LogP contribution in [0.4, 0.5) is 5.69 Å². The van der Waals surface area contributed by atoms with Gasteiger partial charge in [-0.25, -0.2) is 4.99 Å². The molecule has 5 nitrogen and oxygen atoms in total. The van der Waals surface area contributed by atoms with Crippen LogP contribution >= 0.6 is 11.8 Å². The second-order valence-electron chi connectivity index (χ2n) is 5.98. The fourth-order valence-corrected chi connectivity index (χ4v) is 3.82. The average Bonchev–Trinajstić information content (AvgIpc) is 3.09. The van der Waals surface area contributed by atoms with Gasteiger partial charge in [0.05, 0.1) is 17.2 Å². The zero-order valence-corrected chi connectivity index (χ0v) is 16.3. The minimum absolute atomic E-state index is 0.110. The van der Waals surface area contributed by atoms with Gasteiger partial charge in [0.1, 0.15) is 5.75 Å². The summed E-state index contributed by atoms with van der Waals surface area (Å²) in [5.41, 5.74) is 4.22. The molecule has 1 aliphatic rings. The van der Waals surface area contributed by atoms with E-state index < -0.39 is 0 Å². The molecule has 1 N–H and O–H groups in total. The lowest BCUT2D eigenvalue weighted by Gasteiger charge is -2.04. The highest BCUT2D eigenvalue weighted by molar-refractivity contribution is 8.18. The molecular formula is C20H23N3O2S. The Morgan fingerprint density at radius 3 is 2.58 bits per heavy atom. The molecule has 1 aliphatic heterocycles. The summed E-state index contributed by atoms with van der Waals surface area (Å²) in [5.74, 6) is 0.701. The summed E-state index contributed by atoms with van der Waals surface area (Å²) in [6, 6.07) is 9.62. The lowest BCUT2D eigenvalue weighted by atomic mass is 10.2. The number of nitrogens with zero attached hydrogens (tertiary/aromatic N) is 2. The van der Waals surface area contributed by atoms with Crippen molar-refractivity contribution in [3.63, 3.8) is 0 Å². The number of aryl methyl sites for hydroxylation is 1. The Bertz CT molecular complexity index is 879. The van der Waals surface area contributed by atoms with Crippen LogP contribution in [0.5, 0.6) is 5.75 Å². The summed E-state index contributed by atoms with van der Waals surface area (Å²) >= 11 is 1.36. The SMILES string of the molecule is CCOc1ccc(N=C2NC(=O)/C(=C\c3cc(C)n(CC)c3C)S2)cc1. The zero-order valence-electron chi connectivity index (χ0n) is 15.5. The maximum Gasteiger partial charge on any atom is 0.264 e. The molecule has 0 aliphatic carbocycles. The first-order valence-electron chi connectivity index (χ1n) is 8.71. The molecule has 0 bridgehead atoms. The van der Waals surface area contributed by atoms with Crippen LogP contribution in [0.15, 0.2) is 40.2 Å². The molecule has 1 saturated heterocycles. The number of hydrogen-bond acceptors (Lipinski definition) is 4. The molecule has 0 saturated carbocycles. The fraction of sp³-hybridized carbons (Fsp3) is 0.300. The van der Waals surface area contributed by atoms with Crippen LogP contribution in [-0.4, -0.2) is 22.2 Å². The van der Waals surface area contributed by atoms with E-state index in [4.69, 9.17) is 4.74 Å². The molecule has 26 heavy (non-hydrogen) atoms. The van der Waals surface area contributed by atoms with Gasteiger partial charge in [0.25, 0.3) is 5.91 Å². The molecular weight excluding hydrogens is 346 g/mol. The number of amidine groups is 1. The van der Waals surface area contributed by atoms with E-state index >= 15 is 0 Å². The Labute approximate surface area is 158 Å². The summed E-state index contributed by atoms with van der Waals surface area (Å²) in [5, 5.41) is 3.43. The Balaban J connectivity index is 1.80. The third-order valence-corrected chi connectivity index (χ3v) is 5.15. The van der Waals surface area contributed by atoms with E-state index in [0.29, 0.717) is 16.7 Å². The van der Waals surface area contributed by atoms with Crippen LogP contribution in [0.3, 0.4) is 0 Å². The molecule has 0 radical (unpaired) electrons. The van der Waals surface area contributed by atoms with Crippen molar-refractivity contribution in [2.45, 2.75) is 34.2 Å². The van der Waals surface area contributed by atoms with Crippen LogP contribution in [0.25, 0.3) is 6.08 Å². The molecule has 3 rings (SSSR count). The number of rotatable bonds is 5. The van der Waals surface area contributed by atoms with Gasteiger partial charge in [-0.1, -0.05) is 0 Å². The number of ether oxygens (including phenoxy) is 1. The summed E-state index contributed by atoms with van der Waals surface area (Å²) < 4.78 is 7.66. The number of benzene rings is 1. The fourth-order valence-electron chi connectivity index (χ4n) is 2.98. The highest BCUT2D eigenvalue weighted by Gasteiger charge is 2.24. The Kier molecular flexibility index (Phi) is 5.52. The number of thioether (sulfide) groups is 1. The van der Waals surface area contributed by atoms with Gasteiger partial charge in [0, 0.05) is 17.9 Å². The maximum absolute atomic E-state index is 12.3. The monoisotopic (exact) mass is 369 g/mol. The van der Waals surface area contributed by atoms with Crippen molar-refractivity contribution in [3.8, 4) is 5.75 Å². The first-order valence-corrected chi connectivity index (χ1v) is 9.52. The number of carbonyl (C=O) groups is 1. The number of hydrogen-bond donors (Lipinski definition) is 1. The highest BCUT2D eigenvalue weighted by atomic mass is 32.2. The normalized spacial score (nSPS) is 17.2. The van der Waals surface area contributed by atoms with Crippen molar-refractivity contribution in [2.75, 3.05) is 6.61 Å². The Hall–Kier alpha value is -2.47. The van der Waals surface area contributed by atoms with Crippen molar-refractivity contribution < 1.29 is 9.53 Å². The zero-order chi connectivity index (χ0) is 18.7. The van der Waals surface area contributed by atoms with Gasteiger partial charge in [-0.2, -0.15) is 0 Å². The number of amides is 1. The molecule has 1 fully saturated rings. The molecule has 0 spiro atoms. The lowest BCUT2D eigenvalue weighted by molar-refractivity contribution is -0.115. The molecule has 1 amide bonds. The molecule has 1 aromatic carbocycles. The molecule has 1 aromatic heterocycles. The summed E-state index contributed by atoms with van der Waals surface area (Å²) in [6.45, 7) is 9.78. The summed E-state index contributed by atoms with van der Waals surface area (Å²) in [4.78, 5) is 17.5. The molecule has 0 atom stereocenters. The number of aromatic nitrogens is 1. The standard InChI is InChI=1S/C20H23N3O2S/c1-5-23-13(3)11-15(14(23)4)12-18-19(24)22-20(26-18)21-16-7-9-17(10-8-16)25-6-2/h7-12H,5-6H2,1-4H3,(H,21,22,24)/b18-12+. The van der Waals surface area contributed by atoms with E-state index in [1.807, 2.05) is 37.3 Å². The number of carbonyl (C=O) groups excluding carboxylic acids is 1. The van der Waals surface area contributed by atoms with Crippen LogP contribution in [0.2, 0.25) is 0 Å². The number of nitrogens with one attached hydrogen (secondary N) is 1. The summed E-state index contributed by atoms with van der Waals surface area (Å²) in [7, 11) is 0. The third-order valence-electron chi connectivity index (χ3n) is 4.24. The largest absolute Gasteiger partial charge is 0.494 e. The Morgan fingerprint density at radius 1 is 1.23 bits per heavy atom. The molecule has 136 valence electrons. The van der Waals surface area contributed by atoms with E-state index in [-0.39, 0.29) is 5.91 Å². The van der Waals surface area contributed by atoms with E-state index in [2.05, 4.69) is 41.7 Å². The van der Waals surface area contributed by atoms with Crippen molar-refractivity contribution in [1.29, 1.82) is 0 Å². The Morgan fingerprint density at radius 2 is 1.96 bits per heavy atom. The smallest absolute Gasteiger partial charge is 0.264 e. The molecule has 2 aromatic rings. The second-order valence-corrected chi connectivity index (χ2v) is 7.01. The first kappa shape index (κ1) is 18.3. The second kappa shape index (κ2) is 7.83. The van der Waals surface area contributed by atoms with E-state index in [9.17, 15) is 4.79 Å². The average molecular weight is 369 g/mol. The molecule has 0 unspecified atom stereocenters. The molecule has 2 heterocycles. The topological polar surface area (TPSA) is 55.6 Å². The van der Waals surface area contributed by atoms with E-state index in [1.54, 1.807) is 0 Å². The van der Waals surface area contributed by atoms with Gasteiger partial charge in [0.2, 0.25) is 0 Å². The van der Waals surface area contributed by atoms with Crippen molar-refractivity contribution in [3.05, 3.63) is 52.2 Å². The van der Waals surface area contributed by atoms with Gasteiger partial charge in [-0.15, -0.1) is 0 Å². The van der Waals surface area contributed by atoms with Crippen molar-refractivity contribution >= 4 is 34.6 Å². The van der Waals surface area contributed by atoms with Crippen LogP contribution in [0.1, 0.15) is 30.8 Å². The quantitative estimate of drug-likeness (QED) is 0.794. The van der Waals surface area contributed by atoms with E-state index in [1.165, 1.54) is 23.1 Å². The van der Waals surface area contributed by atoms with Crippen molar-refractivity contribution in [2.24, 2.45) is 4.99 Å². The predicted octanol–water partition coefficient (Wildman–Crippen LogP) is 4.42. The van der Waals surface area contributed by atoms with Gasteiger partial charge in [-0.3, -0.25) is 4.79 Å². The van der Waals surface area contributed by atoms with Crippen molar-refractivity contribution in [1.82, 2.24) is 9.88 Å². The third kappa shape index (κ3) is 3.85. The van der Waals surface area contributed by atoms with Gasteiger partial charge in [0.15, 0.2) is 5.17 Å².